The largest absolute Gasteiger partial charge is 0.355 e. The molecule has 3 heterocycles. The number of rotatable bonds is 5. The monoisotopic (exact) mass is 506 g/mol. The molecule has 0 spiro atoms. The topological polar surface area (TPSA) is 112 Å². The van der Waals surface area contributed by atoms with Gasteiger partial charge in [0.25, 0.3) is 5.91 Å². The third-order valence-corrected chi connectivity index (χ3v) is 7.13. The number of halogens is 1. The van der Waals surface area contributed by atoms with Gasteiger partial charge in [-0.25, -0.2) is 9.37 Å². The van der Waals surface area contributed by atoms with Crippen LogP contribution >= 0.6 is 0 Å². The van der Waals surface area contributed by atoms with Crippen molar-refractivity contribution in [2.75, 3.05) is 18.4 Å². The Hall–Kier alpha value is -3.89. The van der Waals surface area contributed by atoms with E-state index in [1.165, 1.54) is 18.3 Å². The fourth-order valence-corrected chi connectivity index (χ4v) is 4.93. The molecule has 8 nitrogen and oxygen atoms in total. The molecular weight excluding hydrogens is 483 g/mol. The number of hydrogen-bond acceptors (Lipinski definition) is 6. The van der Waals surface area contributed by atoms with Crippen LogP contribution in [0.1, 0.15) is 34.7 Å². The lowest BCUT2D eigenvalue weighted by Gasteiger charge is -2.32. The van der Waals surface area contributed by atoms with Crippen molar-refractivity contribution in [2.45, 2.75) is 23.8 Å². The standard InChI is InChI=1S/C26H23FN4O4S/c27-20-5-3-17(4-6-20)18-9-12-31(13-10-18)26(32)22-16-29-25(36(33,34)35)15-24(22)30-21-7-8-23-19(14-21)2-1-11-28-23/h1-8,11,14-16,18H,9-10,12-13H2,(H,29,30)(H,33,34,35). The van der Waals surface area contributed by atoms with E-state index in [0.717, 1.165) is 22.5 Å². The first-order chi connectivity index (χ1) is 17.3. The van der Waals surface area contributed by atoms with Crippen LogP contribution in [0.2, 0.25) is 0 Å². The van der Waals surface area contributed by atoms with Crippen LogP contribution in [0.3, 0.4) is 0 Å². The summed E-state index contributed by atoms with van der Waals surface area (Å²) in [6, 6.07) is 16.7. The van der Waals surface area contributed by atoms with Gasteiger partial charge in [0.15, 0.2) is 5.03 Å². The van der Waals surface area contributed by atoms with Crippen LogP contribution in [0.25, 0.3) is 10.9 Å². The number of hydrogen-bond donors (Lipinski definition) is 2. The van der Waals surface area contributed by atoms with Crippen molar-refractivity contribution >= 4 is 38.3 Å². The maximum atomic E-state index is 13.4. The van der Waals surface area contributed by atoms with Crippen LogP contribution < -0.4 is 5.32 Å². The lowest BCUT2D eigenvalue weighted by molar-refractivity contribution is 0.0713. The summed E-state index contributed by atoms with van der Waals surface area (Å²) in [6.45, 7) is 0.976. The Morgan fingerprint density at radius 2 is 1.78 bits per heavy atom. The third kappa shape index (κ3) is 5.05. The average molecular weight is 507 g/mol. The summed E-state index contributed by atoms with van der Waals surface area (Å²) in [5.74, 6) is -0.361. The smallest absolute Gasteiger partial charge is 0.312 e. The summed E-state index contributed by atoms with van der Waals surface area (Å²) in [7, 11) is -4.57. The van der Waals surface area contributed by atoms with Crippen molar-refractivity contribution in [3.8, 4) is 0 Å². The SMILES string of the molecule is O=C(c1cnc(S(=O)(=O)O)cc1Nc1ccc2ncccc2c1)N1CCC(c2ccc(F)cc2)CC1. The average Bonchev–Trinajstić information content (AvgIpc) is 2.88. The number of pyridine rings is 2. The van der Waals surface area contributed by atoms with Gasteiger partial charge in [0, 0.05) is 42.6 Å². The Labute approximate surface area is 207 Å². The molecule has 2 aromatic heterocycles. The minimum atomic E-state index is -4.57. The van der Waals surface area contributed by atoms with Crippen LogP contribution in [0.15, 0.2) is 78.1 Å². The molecule has 1 amide bonds. The normalized spacial score (nSPS) is 14.7. The van der Waals surface area contributed by atoms with Gasteiger partial charge in [-0.2, -0.15) is 8.42 Å². The molecule has 1 aliphatic heterocycles. The lowest BCUT2D eigenvalue weighted by atomic mass is 9.89. The van der Waals surface area contributed by atoms with Crippen molar-refractivity contribution < 1.29 is 22.2 Å². The predicted molar refractivity (Wildman–Crippen MR) is 133 cm³/mol. The summed E-state index contributed by atoms with van der Waals surface area (Å²) in [5.41, 5.74) is 2.85. The Bertz CT molecular complexity index is 1540. The minimum absolute atomic E-state index is 0.189. The van der Waals surface area contributed by atoms with E-state index in [1.807, 2.05) is 18.2 Å². The van der Waals surface area contributed by atoms with E-state index < -0.39 is 15.1 Å². The Morgan fingerprint density at radius 3 is 2.50 bits per heavy atom. The number of carbonyl (C=O) groups is 1. The lowest BCUT2D eigenvalue weighted by Crippen LogP contribution is -2.38. The van der Waals surface area contributed by atoms with Crippen molar-refractivity contribution in [3.63, 3.8) is 0 Å². The van der Waals surface area contributed by atoms with Gasteiger partial charge in [0.1, 0.15) is 5.82 Å². The quantitative estimate of drug-likeness (QED) is 0.375. The van der Waals surface area contributed by atoms with Gasteiger partial charge < -0.3 is 10.2 Å². The van der Waals surface area contributed by atoms with E-state index >= 15 is 0 Å². The molecular formula is C26H23FN4O4S. The Balaban J connectivity index is 1.40. The van der Waals surface area contributed by atoms with Gasteiger partial charge in [-0.15, -0.1) is 0 Å². The van der Waals surface area contributed by atoms with Gasteiger partial charge in [0.05, 0.1) is 16.8 Å². The van der Waals surface area contributed by atoms with E-state index in [0.29, 0.717) is 31.6 Å². The van der Waals surface area contributed by atoms with Crippen LogP contribution in [0, 0.1) is 5.82 Å². The van der Waals surface area contributed by atoms with Gasteiger partial charge in [-0.05, 0) is 60.7 Å². The number of fused-ring (bicyclic) bond motifs is 1. The molecule has 5 rings (SSSR count). The van der Waals surface area contributed by atoms with E-state index in [1.54, 1.807) is 35.4 Å². The first kappa shape index (κ1) is 23.8. The maximum Gasteiger partial charge on any atom is 0.312 e. The number of piperidine rings is 1. The molecule has 1 fully saturated rings. The zero-order chi connectivity index (χ0) is 25.3. The molecule has 1 saturated heterocycles. The highest BCUT2D eigenvalue weighted by Gasteiger charge is 2.27. The second kappa shape index (κ2) is 9.63. The highest BCUT2D eigenvalue weighted by atomic mass is 32.2. The summed E-state index contributed by atoms with van der Waals surface area (Å²) in [5, 5.41) is 3.42. The number of benzene rings is 2. The molecule has 2 aromatic carbocycles. The number of likely N-dealkylation sites (tertiary alicyclic amines) is 1. The van der Waals surface area contributed by atoms with Crippen molar-refractivity contribution in [1.29, 1.82) is 0 Å². The van der Waals surface area contributed by atoms with E-state index in [2.05, 4.69) is 15.3 Å². The maximum absolute atomic E-state index is 13.4. The number of aromatic nitrogens is 2. The summed E-state index contributed by atoms with van der Waals surface area (Å²) >= 11 is 0. The van der Waals surface area contributed by atoms with Gasteiger partial charge in [-0.3, -0.25) is 14.3 Å². The molecule has 2 N–H and O–H groups in total. The molecule has 4 aromatic rings. The molecule has 0 radical (unpaired) electrons. The van der Waals surface area contributed by atoms with Crippen molar-refractivity contribution in [3.05, 3.63) is 90.0 Å². The second-order valence-corrected chi connectivity index (χ2v) is 10.1. The molecule has 10 heteroatoms. The number of anilines is 2. The zero-order valence-electron chi connectivity index (χ0n) is 19.1. The first-order valence-corrected chi connectivity index (χ1v) is 12.9. The molecule has 184 valence electrons. The fourth-order valence-electron chi connectivity index (χ4n) is 4.48. The van der Waals surface area contributed by atoms with Crippen molar-refractivity contribution in [2.24, 2.45) is 0 Å². The first-order valence-electron chi connectivity index (χ1n) is 11.4. The summed E-state index contributed by atoms with van der Waals surface area (Å²) < 4.78 is 46.2. The van der Waals surface area contributed by atoms with Gasteiger partial charge >= 0.3 is 10.1 Å². The van der Waals surface area contributed by atoms with Crippen LogP contribution in [0.5, 0.6) is 0 Å². The molecule has 0 bridgehead atoms. The molecule has 0 saturated carbocycles. The molecule has 1 aliphatic rings. The number of amides is 1. The minimum Gasteiger partial charge on any atom is -0.355 e. The van der Waals surface area contributed by atoms with Crippen LogP contribution in [0.4, 0.5) is 15.8 Å². The third-order valence-electron chi connectivity index (χ3n) is 6.38. The fraction of sp³-hybridized carbons (Fsp3) is 0.192. The molecule has 0 aliphatic carbocycles. The summed E-state index contributed by atoms with van der Waals surface area (Å²) in [6.07, 6.45) is 4.29. The number of carbonyl (C=O) groups excluding carboxylic acids is 1. The Morgan fingerprint density at radius 1 is 1.03 bits per heavy atom. The molecule has 0 atom stereocenters. The van der Waals surface area contributed by atoms with Crippen LogP contribution in [-0.2, 0) is 10.1 Å². The van der Waals surface area contributed by atoms with E-state index in [4.69, 9.17) is 0 Å². The molecule has 0 unspecified atom stereocenters. The zero-order valence-corrected chi connectivity index (χ0v) is 20.0. The van der Waals surface area contributed by atoms with Gasteiger partial charge in [-0.1, -0.05) is 18.2 Å². The summed E-state index contributed by atoms with van der Waals surface area (Å²) in [4.78, 5) is 23.2. The highest BCUT2D eigenvalue weighted by molar-refractivity contribution is 7.85. The van der Waals surface area contributed by atoms with E-state index in [-0.39, 0.29) is 28.9 Å². The number of nitrogens with one attached hydrogen (secondary N) is 1. The number of nitrogens with zero attached hydrogens (tertiary/aromatic N) is 3. The van der Waals surface area contributed by atoms with E-state index in [9.17, 15) is 22.2 Å². The predicted octanol–water partition coefficient (Wildman–Crippen LogP) is 4.78. The van der Waals surface area contributed by atoms with Crippen molar-refractivity contribution in [1.82, 2.24) is 14.9 Å². The Kier molecular flexibility index (Phi) is 6.38. The van der Waals surface area contributed by atoms with Gasteiger partial charge in [0.2, 0.25) is 0 Å². The van der Waals surface area contributed by atoms with Crippen LogP contribution in [-0.4, -0.2) is 46.8 Å². The molecule has 36 heavy (non-hydrogen) atoms. The highest BCUT2D eigenvalue weighted by Crippen LogP contribution is 2.31. The second-order valence-electron chi connectivity index (χ2n) is 8.70.